The molecule has 0 atom stereocenters. The molecular formula is C31H20O2. The average Bonchev–Trinajstić information content (AvgIpc) is 2.87. The molecule has 0 amide bonds. The molecule has 6 rings (SSSR count). The number of hydrogen-bond donors (Lipinski definition) is 0. The Balaban J connectivity index is 1.81. The first-order valence-corrected chi connectivity index (χ1v) is 11.0. The van der Waals surface area contributed by atoms with Crippen LogP contribution in [0.1, 0.15) is 11.1 Å². The third kappa shape index (κ3) is 3.16. The molecule has 0 N–H and O–H groups in total. The summed E-state index contributed by atoms with van der Waals surface area (Å²) in [5, 5.41) is 0.990. The maximum absolute atomic E-state index is 13.5. The standard InChI is InChI=1S/C31H20O2/c32-31-28(24-19-11-4-12-20-24)26(22-15-7-2-8-16-22)29-25(21-13-5-1-6-14-21)27(30(29)33-31)23-17-9-3-10-18-23/h1-20H. The van der Waals surface area contributed by atoms with E-state index in [0.717, 1.165) is 44.2 Å². The van der Waals surface area contributed by atoms with E-state index in [-0.39, 0.29) is 5.63 Å². The molecule has 0 spiro atoms. The Hall–Kier alpha value is -4.43. The summed E-state index contributed by atoms with van der Waals surface area (Å²) in [4.78, 5) is 13.5. The first kappa shape index (κ1) is 19.3. The van der Waals surface area contributed by atoms with Crippen LogP contribution in [0.25, 0.3) is 33.4 Å². The molecule has 0 fully saturated rings. The van der Waals surface area contributed by atoms with Gasteiger partial charge in [-0.25, -0.2) is 4.79 Å². The van der Waals surface area contributed by atoms with Crippen molar-refractivity contribution in [2.45, 2.75) is 0 Å². The second kappa shape index (κ2) is 7.92. The summed E-state index contributed by atoms with van der Waals surface area (Å²) in [5.74, 6) is 0. The number of rotatable bonds is 4. The van der Waals surface area contributed by atoms with Gasteiger partial charge in [-0.1, -0.05) is 121 Å². The van der Waals surface area contributed by atoms with Gasteiger partial charge in [0.1, 0.15) is 5.42 Å². The second-order valence-corrected chi connectivity index (χ2v) is 8.06. The molecule has 0 aliphatic heterocycles. The first-order chi connectivity index (χ1) is 16.3. The molecule has 4 aromatic carbocycles. The van der Waals surface area contributed by atoms with Gasteiger partial charge in [-0.05, 0) is 22.3 Å². The van der Waals surface area contributed by atoms with Crippen molar-refractivity contribution in [3.8, 4) is 22.3 Å². The molecular weight excluding hydrogens is 404 g/mol. The lowest BCUT2D eigenvalue weighted by Crippen LogP contribution is -2.44. The highest BCUT2D eigenvalue weighted by molar-refractivity contribution is 6.10. The van der Waals surface area contributed by atoms with Crippen LogP contribution in [0.3, 0.4) is 0 Å². The van der Waals surface area contributed by atoms with E-state index in [9.17, 15) is 4.79 Å². The van der Waals surface area contributed by atoms with E-state index in [1.165, 1.54) is 0 Å². The van der Waals surface area contributed by atoms with Crippen molar-refractivity contribution in [2.75, 3.05) is 0 Å². The Bertz CT molecular complexity index is 1630. The highest BCUT2D eigenvalue weighted by Crippen LogP contribution is 2.34. The van der Waals surface area contributed by atoms with Crippen molar-refractivity contribution in [1.82, 2.24) is 0 Å². The van der Waals surface area contributed by atoms with Gasteiger partial charge in [-0.15, -0.1) is 0 Å². The Morgan fingerprint density at radius 2 is 0.818 bits per heavy atom. The number of hydrogen-bond acceptors (Lipinski definition) is 2. The normalized spacial score (nSPS) is 12.2. The third-order valence-corrected chi connectivity index (χ3v) is 6.10. The monoisotopic (exact) mass is 424 g/mol. The molecule has 2 nitrogen and oxygen atoms in total. The lowest BCUT2D eigenvalue weighted by molar-refractivity contribution is 0.471. The van der Waals surface area contributed by atoms with Crippen LogP contribution in [0.2, 0.25) is 0 Å². The Kier molecular flexibility index (Phi) is 4.63. The minimum atomic E-state index is -0.320. The molecule has 0 saturated heterocycles. The van der Waals surface area contributed by atoms with Gasteiger partial charge in [0.15, 0.2) is 0 Å². The van der Waals surface area contributed by atoms with Crippen molar-refractivity contribution in [1.29, 1.82) is 0 Å². The molecule has 33 heavy (non-hydrogen) atoms. The van der Waals surface area contributed by atoms with Gasteiger partial charge in [0.2, 0.25) is 0 Å². The van der Waals surface area contributed by atoms with Crippen molar-refractivity contribution in [3.05, 3.63) is 154 Å². The highest BCUT2D eigenvalue weighted by Gasteiger charge is 2.29. The molecule has 0 radical (unpaired) electrons. The van der Waals surface area contributed by atoms with Gasteiger partial charge in [-0.3, -0.25) is 0 Å². The lowest BCUT2D eigenvalue weighted by atomic mass is 9.80. The fourth-order valence-electron chi connectivity index (χ4n) is 4.66. The van der Waals surface area contributed by atoms with Crippen LogP contribution in [0.15, 0.2) is 131 Å². The van der Waals surface area contributed by atoms with Crippen LogP contribution in [-0.4, -0.2) is 0 Å². The summed E-state index contributed by atoms with van der Waals surface area (Å²) in [6.45, 7) is 0. The molecule has 2 heteroatoms. The lowest BCUT2D eigenvalue weighted by Gasteiger charge is -2.23. The van der Waals surface area contributed by atoms with Crippen LogP contribution < -0.4 is 16.3 Å². The summed E-state index contributed by atoms with van der Waals surface area (Å²) < 4.78 is 6.05. The number of benzene rings is 4. The molecule has 5 aromatic rings. The van der Waals surface area contributed by atoms with E-state index in [1.807, 2.05) is 84.9 Å². The molecule has 156 valence electrons. The van der Waals surface area contributed by atoms with E-state index < -0.39 is 0 Å². The summed E-state index contributed by atoms with van der Waals surface area (Å²) in [6.07, 6.45) is 0. The number of fused-ring (bicyclic) bond motifs is 1. The van der Waals surface area contributed by atoms with Gasteiger partial charge in [0, 0.05) is 21.9 Å². The maximum Gasteiger partial charge on any atom is 0.344 e. The molecule has 1 aliphatic rings. The van der Waals surface area contributed by atoms with Crippen LogP contribution >= 0.6 is 0 Å². The highest BCUT2D eigenvalue weighted by atomic mass is 16.4. The van der Waals surface area contributed by atoms with Gasteiger partial charge < -0.3 is 4.42 Å². The second-order valence-electron chi connectivity index (χ2n) is 8.06. The summed E-state index contributed by atoms with van der Waals surface area (Å²) in [5.41, 5.74) is 7.94. The zero-order valence-electron chi connectivity index (χ0n) is 17.9. The summed E-state index contributed by atoms with van der Waals surface area (Å²) in [6, 6.07) is 40.4. The molecule has 1 aromatic heterocycles. The van der Waals surface area contributed by atoms with E-state index in [0.29, 0.717) is 11.0 Å². The van der Waals surface area contributed by atoms with E-state index in [1.54, 1.807) is 0 Å². The van der Waals surface area contributed by atoms with Crippen LogP contribution in [0.4, 0.5) is 0 Å². The summed E-state index contributed by atoms with van der Waals surface area (Å²) >= 11 is 0. The smallest absolute Gasteiger partial charge is 0.344 e. The molecule has 0 unspecified atom stereocenters. The van der Waals surface area contributed by atoms with Crippen molar-refractivity contribution in [2.24, 2.45) is 0 Å². The molecule has 0 bridgehead atoms. The Morgan fingerprint density at radius 3 is 1.30 bits per heavy atom. The zero-order valence-corrected chi connectivity index (χ0v) is 17.9. The van der Waals surface area contributed by atoms with Crippen molar-refractivity contribution >= 4 is 11.1 Å². The SMILES string of the molecule is O=c1oc2c(c(-c3ccccc3)c1-c1ccccc1)=C(c1ccccc1)C=2c1ccccc1. The topological polar surface area (TPSA) is 30.2 Å². The van der Waals surface area contributed by atoms with Gasteiger partial charge in [-0.2, -0.15) is 0 Å². The molecule has 0 saturated carbocycles. The van der Waals surface area contributed by atoms with Crippen LogP contribution in [0.5, 0.6) is 0 Å². The predicted molar refractivity (Wildman–Crippen MR) is 133 cm³/mol. The maximum atomic E-state index is 13.5. The average molecular weight is 424 g/mol. The third-order valence-electron chi connectivity index (χ3n) is 6.10. The van der Waals surface area contributed by atoms with E-state index in [4.69, 9.17) is 4.42 Å². The minimum absolute atomic E-state index is 0.320. The first-order valence-electron chi connectivity index (χ1n) is 11.0. The predicted octanol–water partition coefficient (Wildman–Crippen LogP) is 5.39. The Morgan fingerprint density at radius 1 is 0.424 bits per heavy atom. The van der Waals surface area contributed by atoms with Crippen LogP contribution in [0, 0.1) is 0 Å². The van der Waals surface area contributed by atoms with Gasteiger partial charge in [0.05, 0.1) is 5.56 Å². The molecule has 1 heterocycles. The van der Waals surface area contributed by atoms with Gasteiger partial charge in [0.25, 0.3) is 0 Å². The fourth-order valence-corrected chi connectivity index (χ4v) is 4.66. The Labute approximate surface area is 191 Å². The van der Waals surface area contributed by atoms with Crippen LogP contribution in [-0.2, 0) is 0 Å². The fraction of sp³-hybridized carbons (Fsp3) is 0. The van der Waals surface area contributed by atoms with Gasteiger partial charge >= 0.3 is 5.63 Å². The zero-order chi connectivity index (χ0) is 22.2. The van der Waals surface area contributed by atoms with Crippen molar-refractivity contribution in [3.63, 3.8) is 0 Å². The summed E-state index contributed by atoms with van der Waals surface area (Å²) in [7, 11) is 0. The van der Waals surface area contributed by atoms with E-state index in [2.05, 4.69) is 36.4 Å². The minimum Gasteiger partial charge on any atom is -0.422 e. The molecule has 1 aliphatic carbocycles. The van der Waals surface area contributed by atoms with E-state index >= 15 is 0 Å². The quantitative estimate of drug-likeness (QED) is 0.387. The largest absolute Gasteiger partial charge is 0.422 e. The van der Waals surface area contributed by atoms with Crippen molar-refractivity contribution < 1.29 is 4.42 Å².